The fourth-order valence-electron chi connectivity index (χ4n) is 6.14. The highest BCUT2D eigenvalue weighted by Gasteiger charge is 2.62. The first kappa shape index (κ1) is 22.4. The van der Waals surface area contributed by atoms with Crippen molar-refractivity contribution in [1.29, 1.82) is 0 Å². The molecule has 1 saturated heterocycles. The average Bonchev–Trinajstić information content (AvgIpc) is 3.51. The van der Waals surface area contributed by atoms with Crippen molar-refractivity contribution in [3.63, 3.8) is 0 Å². The van der Waals surface area contributed by atoms with Crippen LogP contribution in [0.2, 0.25) is 0 Å². The van der Waals surface area contributed by atoms with Crippen LogP contribution in [0.15, 0.2) is 90.5 Å². The van der Waals surface area contributed by atoms with Crippen LogP contribution in [0.3, 0.4) is 0 Å². The van der Waals surface area contributed by atoms with Crippen LogP contribution in [0.4, 0.5) is 5.69 Å². The lowest BCUT2D eigenvalue weighted by Gasteiger charge is -2.22. The summed E-state index contributed by atoms with van der Waals surface area (Å²) in [5.74, 6) is -1.38. The number of fused-ring (bicyclic) bond motifs is 5. The van der Waals surface area contributed by atoms with Gasteiger partial charge in [0.05, 0.1) is 17.5 Å². The van der Waals surface area contributed by atoms with Gasteiger partial charge in [-0.25, -0.2) is 4.90 Å². The van der Waals surface area contributed by atoms with Crippen molar-refractivity contribution in [3.05, 3.63) is 118 Å². The van der Waals surface area contributed by atoms with Gasteiger partial charge in [-0.3, -0.25) is 14.4 Å². The number of ketones is 1. The van der Waals surface area contributed by atoms with Crippen LogP contribution in [0.25, 0.3) is 5.57 Å². The smallest absolute Gasteiger partial charge is 0.238 e. The van der Waals surface area contributed by atoms with E-state index in [1.54, 1.807) is 24.3 Å². The van der Waals surface area contributed by atoms with Crippen LogP contribution in [-0.2, 0) is 9.59 Å². The summed E-state index contributed by atoms with van der Waals surface area (Å²) in [7, 11) is 0. The van der Waals surface area contributed by atoms with E-state index in [2.05, 4.69) is 74.5 Å². The third-order valence-corrected chi connectivity index (χ3v) is 7.92. The lowest BCUT2D eigenvalue weighted by Crippen LogP contribution is -2.33. The number of allylic oxidation sites excluding steroid dienone is 3. The standard InChI is InChI=1S/C32H27NO3/c1-18-4-8-22(9-5-18)27(23-10-6-19(2)7-11-23)28-25-16-17-26(28)30-29(25)31(35)33(32(30)36)24-14-12-21(13-15-24)20(3)34/h4-17,25-26,29-30H,1-3H3. The maximum Gasteiger partial charge on any atom is 0.238 e. The SMILES string of the molecule is CC(=O)c1ccc(N2C(=O)C3C4C=CC(C4=C(c4ccc(C)cc4)c4ccc(C)cc4)C3C2=O)cc1. The Hall–Kier alpha value is -4.05. The number of aryl methyl sites for hydroxylation is 2. The zero-order valence-corrected chi connectivity index (χ0v) is 20.6. The maximum atomic E-state index is 13.7. The van der Waals surface area contributed by atoms with E-state index in [-0.39, 0.29) is 29.4 Å². The predicted octanol–water partition coefficient (Wildman–Crippen LogP) is 5.93. The Bertz CT molecular complexity index is 1380. The number of nitrogens with zero attached hydrogens (tertiary/aromatic N) is 1. The van der Waals surface area contributed by atoms with Gasteiger partial charge in [0.1, 0.15) is 0 Å². The maximum absolute atomic E-state index is 13.7. The largest absolute Gasteiger partial charge is 0.295 e. The van der Waals surface area contributed by atoms with Gasteiger partial charge in [0.2, 0.25) is 11.8 Å². The number of amides is 2. The van der Waals surface area contributed by atoms with Crippen molar-refractivity contribution < 1.29 is 14.4 Å². The molecular weight excluding hydrogens is 446 g/mol. The Morgan fingerprint density at radius 3 is 1.47 bits per heavy atom. The molecule has 178 valence electrons. The molecule has 1 saturated carbocycles. The highest BCUT2D eigenvalue weighted by atomic mass is 16.2. The molecule has 0 aromatic heterocycles. The molecule has 0 spiro atoms. The number of carbonyl (C=O) groups is 3. The minimum absolute atomic E-state index is 0.0470. The first-order chi connectivity index (χ1) is 17.3. The Kier molecular flexibility index (Phi) is 5.15. The highest BCUT2D eigenvalue weighted by Crippen LogP contribution is 2.58. The van der Waals surface area contributed by atoms with Gasteiger partial charge in [0, 0.05) is 17.4 Å². The van der Waals surface area contributed by atoms with Crippen molar-refractivity contribution >= 4 is 28.9 Å². The van der Waals surface area contributed by atoms with Gasteiger partial charge in [0.15, 0.2) is 5.78 Å². The Morgan fingerprint density at radius 1 is 0.639 bits per heavy atom. The summed E-state index contributed by atoms with van der Waals surface area (Å²) in [6.45, 7) is 5.65. The predicted molar refractivity (Wildman–Crippen MR) is 140 cm³/mol. The van der Waals surface area contributed by atoms with Gasteiger partial charge in [0.25, 0.3) is 0 Å². The number of imide groups is 1. The molecule has 6 rings (SSSR count). The number of benzene rings is 3. The molecule has 2 fully saturated rings. The topological polar surface area (TPSA) is 54.5 Å². The monoisotopic (exact) mass is 473 g/mol. The van der Waals surface area contributed by atoms with Crippen molar-refractivity contribution in [2.45, 2.75) is 20.8 Å². The molecule has 1 heterocycles. The number of hydrogen-bond donors (Lipinski definition) is 0. The fourth-order valence-corrected chi connectivity index (χ4v) is 6.14. The molecule has 4 unspecified atom stereocenters. The third kappa shape index (κ3) is 3.32. The molecule has 36 heavy (non-hydrogen) atoms. The second kappa shape index (κ2) is 8.27. The Morgan fingerprint density at radius 2 is 1.06 bits per heavy atom. The first-order valence-electron chi connectivity index (χ1n) is 12.4. The lowest BCUT2D eigenvalue weighted by molar-refractivity contribution is -0.122. The van der Waals surface area contributed by atoms with E-state index in [1.807, 2.05) is 0 Å². The molecule has 2 amide bonds. The van der Waals surface area contributed by atoms with Crippen LogP contribution in [-0.4, -0.2) is 17.6 Å². The van der Waals surface area contributed by atoms with Gasteiger partial charge in [-0.15, -0.1) is 0 Å². The molecule has 2 bridgehead atoms. The van der Waals surface area contributed by atoms with Crippen molar-refractivity contribution in [2.75, 3.05) is 4.90 Å². The van der Waals surface area contributed by atoms with Crippen molar-refractivity contribution in [1.82, 2.24) is 0 Å². The van der Waals surface area contributed by atoms with E-state index >= 15 is 0 Å². The minimum atomic E-state index is -0.402. The number of carbonyl (C=O) groups excluding carboxylic acids is 3. The van der Waals surface area contributed by atoms with Gasteiger partial charge < -0.3 is 0 Å². The van der Waals surface area contributed by atoms with Crippen molar-refractivity contribution in [3.8, 4) is 0 Å². The van der Waals surface area contributed by atoms with Gasteiger partial charge in [-0.2, -0.15) is 0 Å². The van der Waals surface area contributed by atoms with E-state index in [0.29, 0.717) is 11.3 Å². The van der Waals surface area contributed by atoms with Crippen molar-refractivity contribution in [2.24, 2.45) is 23.7 Å². The highest BCUT2D eigenvalue weighted by molar-refractivity contribution is 6.23. The number of hydrogen-bond acceptors (Lipinski definition) is 3. The van der Waals surface area contributed by atoms with E-state index in [1.165, 1.54) is 28.5 Å². The third-order valence-electron chi connectivity index (χ3n) is 7.92. The van der Waals surface area contributed by atoms with Gasteiger partial charge >= 0.3 is 0 Å². The van der Waals surface area contributed by atoms with Crippen LogP contribution in [0.1, 0.15) is 39.5 Å². The molecular formula is C32H27NO3. The first-order valence-corrected chi connectivity index (χ1v) is 12.4. The summed E-state index contributed by atoms with van der Waals surface area (Å²) in [6, 6.07) is 23.7. The summed E-state index contributed by atoms with van der Waals surface area (Å²) in [5, 5.41) is 0. The number of rotatable bonds is 4. The summed E-state index contributed by atoms with van der Waals surface area (Å²) in [6.07, 6.45) is 4.24. The zero-order valence-electron chi connectivity index (χ0n) is 20.6. The normalized spacial score (nSPS) is 24.0. The molecule has 4 atom stereocenters. The minimum Gasteiger partial charge on any atom is -0.295 e. The number of anilines is 1. The average molecular weight is 474 g/mol. The molecule has 4 nitrogen and oxygen atoms in total. The van der Waals surface area contributed by atoms with E-state index in [0.717, 1.165) is 16.7 Å². The summed E-state index contributed by atoms with van der Waals surface area (Å²) in [4.78, 5) is 40.4. The molecule has 1 aliphatic heterocycles. The molecule has 0 N–H and O–H groups in total. The van der Waals surface area contributed by atoms with Gasteiger partial charge in [-0.1, -0.05) is 71.8 Å². The zero-order chi connectivity index (χ0) is 25.1. The summed E-state index contributed by atoms with van der Waals surface area (Å²) >= 11 is 0. The Balaban J connectivity index is 1.45. The second-order valence-electron chi connectivity index (χ2n) is 10.2. The summed E-state index contributed by atoms with van der Waals surface area (Å²) < 4.78 is 0. The molecule has 2 aliphatic carbocycles. The molecule has 4 heteroatoms. The Labute approximate surface area is 211 Å². The van der Waals surface area contributed by atoms with Gasteiger partial charge in [-0.05, 0) is 67.3 Å². The lowest BCUT2D eigenvalue weighted by atomic mass is 9.85. The van der Waals surface area contributed by atoms with Crippen LogP contribution in [0.5, 0.6) is 0 Å². The van der Waals surface area contributed by atoms with E-state index in [9.17, 15) is 14.4 Å². The number of Topliss-reactive ketones (excluding diaryl/α,β-unsaturated/α-hetero) is 1. The fraction of sp³-hybridized carbons (Fsp3) is 0.219. The quantitative estimate of drug-likeness (QED) is 0.268. The van der Waals surface area contributed by atoms with Crippen LogP contribution >= 0.6 is 0 Å². The van der Waals surface area contributed by atoms with Crippen LogP contribution < -0.4 is 4.90 Å². The molecule has 0 radical (unpaired) electrons. The van der Waals surface area contributed by atoms with E-state index < -0.39 is 11.8 Å². The summed E-state index contributed by atoms with van der Waals surface area (Å²) in [5.41, 5.74) is 7.98. The van der Waals surface area contributed by atoms with E-state index in [4.69, 9.17) is 0 Å². The molecule has 3 aromatic rings. The molecule has 3 aromatic carbocycles. The second-order valence-corrected chi connectivity index (χ2v) is 10.2. The van der Waals surface area contributed by atoms with Crippen LogP contribution in [0, 0.1) is 37.5 Å². The molecule has 3 aliphatic rings.